The number of carbonyl (C=O) groups excluding carboxylic acids is 3. The Labute approximate surface area is 186 Å². The molecule has 0 saturated carbocycles. The first-order valence-electron chi connectivity index (χ1n) is 10.1. The molecule has 32 heavy (non-hydrogen) atoms. The predicted octanol–water partition coefficient (Wildman–Crippen LogP) is 4.15. The van der Waals surface area contributed by atoms with Crippen LogP contribution in [0.15, 0.2) is 78.9 Å². The summed E-state index contributed by atoms with van der Waals surface area (Å²) in [5.74, 6) is -0.0131. The van der Waals surface area contributed by atoms with Crippen molar-refractivity contribution in [2.45, 2.75) is 19.4 Å². The fourth-order valence-electron chi connectivity index (χ4n) is 3.16. The quantitative estimate of drug-likeness (QED) is 0.499. The smallest absolute Gasteiger partial charge is 0.255 e. The van der Waals surface area contributed by atoms with E-state index in [1.807, 2.05) is 30.3 Å². The predicted molar refractivity (Wildman–Crippen MR) is 124 cm³/mol. The lowest BCUT2D eigenvalue weighted by molar-refractivity contribution is -0.120. The molecule has 0 saturated heterocycles. The minimum atomic E-state index is -0.428. The fourth-order valence-corrected chi connectivity index (χ4v) is 3.16. The Balaban J connectivity index is 1.59. The molecule has 3 aromatic carbocycles. The van der Waals surface area contributed by atoms with Gasteiger partial charge < -0.3 is 20.7 Å². The Bertz CT molecular complexity index is 1060. The van der Waals surface area contributed by atoms with E-state index in [-0.39, 0.29) is 24.1 Å². The summed E-state index contributed by atoms with van der Waals surface area (Å²) in [5, 5.41) is 8.42. The molecule has 164 valence electrons. The molecule has 0 aliphatic carbocycles. The third-order valence-corrected chi connectivity index (χ3v) is 4.75. The van der Waals surface area contributed by atoms with Crippen molar-refractivity contribution in [2.75, 3.05) is 17.7 Å². The Morgan fingerprint density at radius 1 is 0.812 bits per heavy atom. The zero-order valence-electron chi connectivity index (χ0n) is 17.9. The van der Waals surface area contributed by atoms with Crippen molar-refractivity contribution in [2.24, 2.45) is 0 Å². The van der Waals surface area contributed by atoms with Crippen molar-refractivity contribution in [3.63, 3.8) is 0 Å². The molecule has 7 nitrogen and oxygen atoms in total. The van der Waals surface area contributed by atoms with Crippen LogP contribution in [-0.2, 0) is 9.59 Å². The van der Waals surface area contributed by atoms with Crippen molar-refractivity contribution in [3.05, 3.63) is 90.0 Å². The molecule has 7 heteroatoms. The maximum Gasteiger partial charge on any atom is 0.255 e. The summed E-state index contributed by atoms with van der Waals surface area (Å²) in [6.07, 6.45) is 0.0866. The van der Waals surface area contributed by atoms with Crippen LogP contribution in [0.1, 0.15) is 35.3 Å². The van der Waals surface area contributed by atoms with Crippen LogP contribution in [-0.4, -0.2) is 24.8 Å². The second-order valence-corrected chi connectivity index (χ2v) is 7.18. The van der Waals surface area contributed by atoms with Gasteiger partial charge in [0.25, 0.3) is 5.91 Å². The molecule has 0 aliphatic heterocycles. The first-order chi connectivity index (χ1) is 15.4. The molecule has 0 fully saturated rings. The third kappa shape index (κ3) is 6.43. The summed E-state index contributed by atoms with van der Waals surface area (Å²) < 4.78 is 5.10. The van der Waals surface area contributed by atoms with Crippen LogP contribution >= 0.6 is 0 Å². The lowest BCUT2D eigenvalue weighted by Gasteiger charge is -2.18. The molecule has 3 amide bonds. The molecule has 0 aromatic heterocycles. The van der Waals surface area contributed by atoms with Gasteiger partial charge in [-0.3, -0.25) is 14.4 Å². The Morgan fingerprint density at radius 2 is 1.41 bits per heavy atom. The molecule has 0 radical (unpaired) electrons. The number of rotatable bonds is 8. The maximum atomic E-state index is 12.5. The molecule has 0 bridgehead atoms. The molecule has 3 rings (SSSR count). The SMILES string of the molecule is COc1ccc(NC(=O)c2ccc(NC(=O)C[C@@H](NC(C)=O)c3ccccc3)cc2)cc1. The minimum Gasteiger partial charge on any atom is -0.497 e. The summed E-state index contributed by atoms with van der Waals surface area (Å²) in [4.78, 5) is 36.5. The molecule has 3 aromatic rings. The second kappa shape index (κ2) is 10.8. The highest BCUT2D eigenvalue weighted by Crippen LogP contribution is 2.19. The van der Waals surface area contributed by atoms with Crippen LogP contribution < -0.4 is 20.7 Å². The van der Waals surface area contributed by atoms with Crippen molar-refractivity contribution in [3.8, 4) is 5.75 Å². The standard InChI is InChI=1S/C25H25N3O4/c1-17(29)26-23(18-6-4-3-5-7-18)16-24(30)27-20-10-8-19(9-11-20)25(31)28-21-12-14-22(32-2)15-13-21/h3-15,23H,16H2,1-2H3,(H,26,29)(H,27,30)(H,28,31)/t23-/m1/s1. The zero-order valence-corrected chi connectivity index (χ0v) is 17.9. The van der Waals surface area contributed by atoms with Crippen LogP contribution in [0.2, 0.25) is 0 Å². The average Bonchev–Trinajstić information content (AvgIpc) is 2.80. The van der Waals surface area contributed by atoms with Crippen molar-refractivity contribution in [1.29, 1.82) is 0 Å². The van der Waals surface area contributed by atoms with Crippen LogP contribution in [0.4, 0.5) is 11.4 Å². The van der Waals surface area contributed by atoms with Crippen LogP contribution in [0, 0.1) is 0 Å². The first kappa shape index (κ1) is 22.6. The molecule has 3 N–H and O–H groups in total. The van der Waals surface area contributed by atoms with Gasteiger partial charge >= 0.3 is 0 Å². The van der Waals surface area contributed by atoms with Crippen molar-refractivity contribution < 1.29 is 19.1 Å². The minimum absolute atomic E-state index is 0.0866. The van der Waals surface area contributed by atoms with E-state index in [2.05, 4.69) is 16.0 Å². The summed E-state index contributed by atoms with van der Waals surface area (Å²) in [7, 11) is 1.58. The van der Waals surface area contributed by atoms with Crippen molar-refractivity contribution >= 4 is 29.1 Å². The lowest BCUT2D eigenvalue weighted by atomic mass is 10.0. The number of amides is 3. The van der Waals surface area contributed by atoms with Gasteiger partial charge in [0.2, 0.25) is 11.8 Å². The van der Waals surface area contributed by atoms with E-state index in [9.17, 15) is 14.4 Å². The number of anilines is 2. The third-order valence-electron chi connectivity index (χ3n) is 4.75. The maximum absolute atomic E-state index is 12.5. The van der Waals surface area contributed by atoms with E-state index in [4.69, 9.17) is 4.74 Å². The Hall–Kier alpha value is -4.13. The van der Waals surface area contributed by atoms with Gasteiger partial charge in [-0.15, -0.1) is 0 Å². The molecule has 0 unspecified atom stereocenters. The van der Waals surface area contributed by atoms with Gasteiger partial charge in [0.1, 0.15) is 5.75 Å². The summed E-state index contributed by atoms with van der Waals surface area (Å²) in [6, 6.07) is 22.5. The van der Waals surface area contributed by atoms with Crippen LogP contribution in [0.3, 0.4) is 0 Å². The molecular formula is C25H25N3O4. The van der Waals surface area contributed by atoms with E-state index in [1.165, 1.54) is 6.92 Å². The summed E-state index contributed by atoms with van der Waals surface area (Å²) >= 11 is 0. The van der Waals surface area contributed by atoms with E-state index in [0.29, 0.717) is 22.7 Å². The van der Waals surface area contributed by atoms with Crippen LogP contribution in [0.25, 0.3) is 0 Å². The highest BCUT2D eigenvalue weighted by Gasteiger charge is 2.17. The number of methoxy groups -OCH3 is 1. The molecule has 0 heterocycles. The lowest BCUT2D eigenvalue weighted by Crippen LogP contribution is -2.29. The van der Waals surface area contributed by atoms with Gasteiger partial charge in [-0.1, -0.05) is 30.3 Å². The number of benzene rings is 3. The largest absolute Gasteiger partial charge is 0.497 e. The Morgan fingerprint density at radius 3 is 2.00 bits per heavy atom. The van der Waals surface area contributed by atoms with Gasteiger partial charge in [0.05, 0.1) is 19.6 Å². The topological polar surface area (TPSA) is 96.5 Å². The van der Waals surface area contributed by atoms with Crippen LogP contribution in [0.5, 0.6) is 5.75 Å². The van der Waals surface area contributed by atoms with E-state index >= 15 is 0 Å². The highest BCUT2D eigenvalue weighted by atomic mass is 16.5. The highest BCUT2D eigenvalue weighted by molar-refractivity contribution is 6.04. The van der Waals surface area contributed by atoms with E-state index in [1.54, 1.807) is 55.6 Å². The number of hydrogen-bond donors (Lipinski definition) is 3. The molecule has 0 spiro atoms. The summed E-state index contributed by atoms with van der Waals surface area (Å²) in [6.45, 7) is 1.42. The van der Waals surface area contributed by atoms with Gasteiger partial charge in [0.15, 0.2) is 0 Å². The number of ether oxygens (including phenoxy) is 1. The average molecular weight is 431 g/mol. The van der Waals surface area contributed by atoms with E-state index in [0.717, 1.165) is 5.56 Å². The molecular weight excluding hydrogens is 406 g/mol. The second-order valence-electron chi connectivity index (χ2n) is 7.18. The Kier molecular flexibility index (Phi) is 7.59. The summed E-state index contributed by atoms with van der Waals surface area (Å²) in [5.41, 5.74) is 2.52. The monoisotopic (exact) mass is 431 g/mol. The fraction of sp³-hybridized carbons (Fsp3) is 0.160. The van der Waals surface area contributed by atoms with Gasteiger partial charge in [-0.25, -0.2) is 0 Å². The zero-order chi connectivity index (χ0) is 22.9. The normalized spacial score (nSPS) is 11.2. The van der Waals surface area contributed by atoms with Crippen molar-refractivity contribution in [1.82, 2.24) is 5.32 Å². The molecule has 0 aliphatic rings. The number of carbonyl (C=O) groups is 3. The first-order valence-corrected chi connectivity index (χ1v) is 10.1. The van der Waals surface area contributed by atoms with Gasteiger partial charge in [0, 0.05) is 23.9 Å². The number of nitrogens with one attached hydrogen (secondary N) is 3. The van der Waals surface area contributed by atoms with Gasteiger partial charge in [-0.05, 0) is 54.1 Å². The molecule has 1 atom stereocenters. The number of hydrogen-bond acceptors (Lipinski definition) is 4. The van der Waals surface area contributed by atoms with Gasteiger partial charge in [-0.2, -0.15) is 0 Å². The van der Waals surface area contributed by atoms with E-state index < -0.39 is 6.04 Å².